The second kappa shape index (κ2) is 21.0. The van der Waals surface area contributed by atoms with Crippen molar-refractivity contribution in [1.29, 1.82) is 0 Å². The van der Waals surface area contributed by atoms with E-state index in [1.165, 1.54) is 156 Å². The van der Waals surface area contributed by atoms with E-state index in [0.717, 1.165) is 6.42 Å². The summed E-state index contributed by atoms with van der Waals surface area (Å²) >= 11 is 0. The van der Waals surface area contributed by atoms with Gasteiger partial charge in [-0.05, 0) is 89.9 Å². The highest BCUT2D eigenvalue weighted by atomic mass is 31.1. The van der Waals surface area contributed by atoms with Gasteiger partial charge in [-0.2, -0.15) is 0 Å². The molecule has 0 radical (unpaired) electrons. The number of aryl methyl sites for hydroxylation is 3. The van der Waals surface area contributed by atoms with E-state index in [1.807, 2.05) is 0 Å². The Morgan fingerprint density at radius 2 is 1.02 bits per heavy atom. The number of fused-ring (bicyclic) bond motifs is 1. The van der Waals surface area contributed by atoms with Gasteiger partial charge in [-0.15, -0.1) is 0 Å². The molecule has 3 aromatic rings. The van der Waals surface area contributed by atoms with E-state index >= 15 is 0 Å². The van der Waals surface area contributed by atoms with Crippen molar-refractivity contribution in [3.63, 3.8) is 0 Å². The summed E-state index contributed by atoms with van der Waals surface area (Å²) in [6.45, 7) is 4.61. The van der Waals surface area contributed by atoms with E-state index in [-0.39, 0.29) is 0 Å². The number of hydrogen-bond donors (Lipinski definition) is 1. The number of nitrogens with one attached hydrogen (secondary N) is 1. The molecule has 0 bridgehead atoms. The first kappa shape index (κ1) is 34.9. The van der Waals surface area contributed by atoms with Crippen LogP contribution in [0.4, 0.5) is 0 Å². The molecule has 1 unspecified atom stereocenters. The lowest BCUT2D eigenvalue weighted by Gasteiger charge is -2.31. The first-order valence-electron chi connectivity index (χ1n) is 18.6. The van der Waals surface area contributed by atoms with Crippen LogP contribution in [-0.2, 0) is 25.7 Å². The first-order chi connectivity index (χ1) is 21.8. The standard InChI is InChI=1S/C42H62NP/c1-3-5-7-9-11-13-15-17-23-36-25-21-29-41(33-36)44(43-40-32-31-38-27-19-20-28-39(38)35-40)42-30-22-26-37(34-42)24-18-16-14-12-10-8-6-4-2/h19-22,25-30,33-34,40,43H,3-18,23-24,31-32,35H2,1-2H3. The largest absolute Gasteiger partial charge is 0.285 e. The van der Waals surface area contributed by atoms with Crippen LogP contribution in [0.15, 0.2) is 72.8 Å². The van der Waals surface area contributed by atoms with Crippen LogP contribution in [0.25, 0.3) is 0 Å². The maximum atomic E-state index is 4.25. The predicted octanol–water partition coefficient (Wildman–Crippen LogP) is 11.5. The Bertz CT molecular complexity index is 1120. The average Bonchev–Trinajstić information content (AvgIpc) is 3.06. The minimum absolute atomic E-state index is 0.531. The lowest BCUT2D eigenvalue weighted by atomic mass is 9.89. The lowest BCUT2D eigenvalue weighted by molar-refractivity contribution is 0.543. The van der Waals surface area contributed by atoms with Crippen LogP contribution >= 0.6 is 8.07 Å². The monoisotopic (exact) mass is 611 g/mol. The molecule has 1 aliphatic rings. The van der Waals surface area contributed by atoms with E-state index in [0.29, 0.717) is 6.04 Å². The van der Waals surface area contributed by atoms with Crippen LogP contribution < -0.4 is 15.7 Å². The minimum Gasteiger partial charge on any atom is -0.285 e. The van der Waals surface area contributed by atoms with Crippen molar-refractivity contribution in [2.45, 2.75) is 155 Å². The topological polar surface area (TPSA) is 12.0 Å². The van der Waals surface area contributed by atoms with Gasteiger partial charge in [0.1, 0.15) is 0 Å². The molecule has 1 atom stereocenters. The molecule has 44 heavy (non-hydrogen) atoms. The van der Waals surface area contributed by atoms with Gasteiger partial charge in [-0.25, -0.2) is 0 Å². The van der Waals surface area contributed by atoms with Gasteiger partial charge in [-0.1, -0.05) is 164 Å². The van der Waals surface area contributed by atoms with Gasteiger partial charge >= 0.3 is 0 Å². The normalized spacial score (nSPS) is 14.7. The Kier molecular flexibility index (Phi) is 16.6. The summed E-state index contributed by atoms with van der Waals surface area (Å²) in [6.07, 6.45) is 28.1. The van der Waals surface area contributed by atoms with Crippen LogP contribution in [0.3, 0.4) is 0 Å². The maximum absolute atomic E-state index is 4.25. The number of hydrogen-bond acceptors (Lipinski definition) is 1. The number of unbranched alkanes of at least 4 members (excludes halogenated alkanes) is 14. The molecule has 1 nitrogen and oxygen atoms in total. The van der Waals surface area contributed by atoms with Gasteiger partial charge in [0.25, 0.3) is 0 Å². The molecule has 0 saturated carbocycles. The Morgan fingerprint density at radius 1 is 0.545 bits per heavy atom. The lowest BCUT2D eigenvalue weighted by Crippen LogP contribution is -2.36. The second-order valence-corrected chi connectivity index (χ2v) is 15.4. The number of rotatable bonds is 22. The fourth-order valence-electron chi connectivity index (χ4n) is 6.92. The van der Waals surface area contributed by atoms with Gasteiger partial charge in [-0.3, -0.25) is 5.09 Å². The molecule has 0 aliphatic heterocycles. The van der Waals surface area contributed by atoms with Crippen LogP contribution in [0.2, 0.25) is 0 Å². The van der Waals surface area contributed by atoms with E-state index in [9.17, 15) is 0 Å². The smallest absolute Gasteiger partial charge is 0.0256 e. The van der Waals surface area contributed by atoms with E-state index in [4.69, 9.17) is 0 Å². The third kappa shape index (κ3) is 12.4. The van der Waals surface area contributed by atoms with Crippen LogP contribution in [0.5, 0.6) is 0 Å². The van der Waals surface area contributed by atoms with Crippen LogP contribution in [-0.4, -0.2) is 6.04 Å². The highest BCUT2D eigenvalue weighted by Gasteiger charge is 2.23. The summed E-state index contributed by atoms with van der Waals surface area (Å²) in [6, 6.07) is 28.9. The third-order valence-corrected chi connectivity index (χ3v) is 11.8. The van der Waals surface area contributed by atoms with Crippen LogP contribution in [0.1, 0.15) is 145 Å². The summed E-state index contributed by atoms with van der Waals surface area (Å²) in [5.74, 6) is 0. The molecular formula is C42H62NP. The van der Waals surface area contributed by atoms with Gasteiger partial charge in [0.15, 0.2) is 0 Å². The number of benzene rings is 3. The fourth-order valence-corrected chi connectivity index (χ4v) is 9.16. The summed E-state index contributed by atoms with van der Waals surface area (Å²) in [5, 5.41) is 7.25. The highest BCUT2D eigenvalue weighted by Crippen LogP contribution is 2.34. The fraction of sp³-hybridized carbons (Fsp3) is 0.571. The molecule has 3 aromatic carbocycles. The Morgan fingerprint density at radius 3 is 1.55 bits per heavy atom. The van der Waals surface area contributed by atoms with Crippen molar-refractivity contribution in [1.82, 2.24) is 5.09 Å². The zero-order chi connectivity index (χ0) is 30.7. The highest BCUT2D eigenvalue weighted by molar-refractivity contribution is 7.71. The third-order valence-electron chi connectivity index (χ3n) is 9.63. The molecule has 4 rings (SSSR count). The molecule has 0 fully saturated rings. The summed E-state index contributed by atoms with van der Waals surface area (Å²) in [4.78, 5) is 0. The SMILES string of the molecule is CCCCCCCCCCc1cccc(P(NC2CCc3ccccc3C2)c2cccc(CCCCCCCCCC)c2)c1. The molecule has 0 saturated heterocycles. The van der Waals surface area contributed by atoms with Crippen molar-refractivity contribution >= 4 is 18.7 Å². The van der Waals surface area contributed by atoms with Crippen molar-refractivity contribution in [3.05, 3.63) is 95.1 Å². The molecule has 1 N–H and O–H groups in total. The summed E-state index contributed by atoms with van der Waals surface area (Å²) in [7, 11) is -0.606. The second-order valence-electron chi connectivity index (χ2n) is 13.5. The first-order valence-corrected chi connectivity index (χ1v) is 19.9. The molecule has 0 spiro atoms. The van der Waals surface area contributed by atoms with E-state index in [2.05, 4.69) is 91.7 Å². The zero-order valence-corrected chi connectivity index (χ0v) is 29.2. The van der Waals surface area contributed by atoms with E-state index < -0.39 is 8.07 Å². The minimum atomic E-state index is -0.606. The van der Waals surface area contributed by atoms with Crippen LogP contribution in [0, 0.1) is 0 Å². The Balaban J connectivity index is 1.39. The van der Waals surface area contributed by atoms with Crippen molar-refractivity contribution < 1.29 is 0 Å². The Labute approximate surface area is 272 Å². The van der Waals surface area contributed by atoms with E-state index in [1.54, 1.807) is 5.56 Å². The average molecular weight is 612 g/mol. The predicted molar refractivity (Wildman–Crippen MR) is 197 cm³/mol. The maximum Gasteiger partial charge on any atom is 0.0256 e. The summed E-state index contributed by atoms with van der Waals surface area (Å²) in [5.41, 5.74) is 6.13. The quantitative estimate of drug-likeness (QED) is 0.0880. The van der Waals surface area contributed by atoms with Gasteiger partial charge in [0.2, 0.25) is 0 Å². The molecule has 0 heterocycles. The zero-order valence-electron chi connectivity index (χ0n) is 28.3. The molecule has 0 aromatic heterocycles. The van der Waals surface area contributed by atoms with Crippen molar-refractivity contribution in [2.75, 3.05) is 0 Å². The molecule has 240 valence electrons. The molecule has 2 heteroatoms. The summed E-state index contributed by atoms with van der Waals surface area (Å²) < 4.78 is 0. The van der Waals surface area contributed by atoms with Gasteiger partial charge < -0.3 is 0 Å². The van der Waals surface area contributed by atoms with Crippen molar-refractivity contribution in [3.8, 4) is 0 Å². The van der Waals surface area contributed by atoms with Gasteiger partial charge in [0.05, 0.1) is 0 Å². The molecular weight excluding hydrogens is 549 g/mol. The Hall–Kier alpha value is -1.95. The van der Waals surface area contributed by atoms with Gasteiger partial charge in [0, 0.05) is 14.1 Å². The molecule has 1 aliphatic carbocycles. The van der Waals surface area contributed by atoms with Crippen molar-refractivity contribution in [2.24, 2.45) is 0 Å². The molecule has 0 amide bonds.